The largest absolute Gasteiger partial charge is 0.386 e. The minimum Gasteiger partial charge on any atom is -0.386 e. The van der Waals surface area contributed by atoms with Gasteiger partial charge in [0.25, 0.3) is 0 Å². The number of halogens is 2. The predicted octanol–water partition coefficient (Wildman–Crippen LogP) is 2.97. The lowest BCUT2D eigenvalue weighted by atomic mass is 9.95. The van der Waals surface area contributed by atoms with Gasteiger partial charge in [0.1, 0.15) is 17.7 Å². The Morgan fingerprint density at radius 3 is 2.74 bits per heavy atom. The van der Waals surface area contributed by atoms with Crippen LogP contribution in [0, 0.1) is 11.6 Å². The van der Waals surface area contributed by atoms with E-state index in [4.69, 9.17) is 0 Å². The summed E-state index contributed by atoms with van der Waals surface area (Å²) < 4.78 is 27.1. The summed E-state index contributed by atoms with van der Waals surface area (Å²) in [5.41, 5.74) is -0.423. The average Bonchev–Trinajstić information content (AvgIpc) is 2.53. The van der Waals surface area contributed by atoms with Crippen LogP contribution in [0.4, 0.5) is 13.6 Å². The number of aliphatic hydroxyl groups is 1. The molecular formula is C16H22F2N2O2S. The lowest BCUT2D eigenvalue weighted by molar-refractivity contribution is 0.163. The molecule has 1 saturated carbocycles. The zero-order chi connectivity index (χ0) is 16.8. The van der Waals surface area contributed by atoms with Crippen LogP contribution in [0.15, 0.2) is 18.2 Å². The van der Waals surface area contributed by atoms with Gasteiger partial charge in [-0.25, -0.2) is 13.6 Å². The first kappa shape index (κ1) is 18.0. The van der Waals surface area contributed by atoms with Crippen LogP contribution in [-0.4, -0.2) is 35.2 Å². The number of benzene rings is 1. The fourth-order valence-corrected chi connectivity index (χ4v) is 3.67. The Balaban J connectivity index is 1.82. The van der Waals surface area contributed by atoms with E-state index in [9.17, 15) is 18.7 Å². The van der Waals surface area contributed by atoms with Gasteiger partial charge in [0.2, 0.25) is 0 Å². The van der Waals surface area contributed by atoms with Crippen molar-refractivity contribution in [1.29, 1.82) is 0 Å². The molecule has 3 atom stereocenters. The fourth-order valence-electron chi connectivity index (χ4n) is 2.85. The monoisotopic (exact) mass is 344 g/mol. The first-order valence-electron chi connectivity index (χ1n) is 7.70. The molecule has 3 N–H and O–H groups in total. The molecule has 128 valence electrons. The van der Waals surface area contributed by atoms with Gasteiger partial charge < -0.3 is 15.7 Å². The molecule has 1 aliphatic rings. The third kappa shape index (κ3) is 5.07. The van der Waals surface area contributed by atoms with Gasteiger partial charge in [-0.05, 0) is 37.7 Å². The number of urea groups is 1. The van der Waals surface area contributed by atoms with Crippen molar-refractivity contribution < 1.29 is 18.7 Å². The number of nitrogens with one attached hydrogen (secondary N) is 2. The summed E-state index contributed by atoms with van der Waals surface area (Å²) >= 11 is 1.80. The summed E-state index contributed by atoms with van der Waals surface area (Å²) in [6, 6.07) is 3.06. The van der Waals surface area contributed by atoms with Crippen molar-refractivity contribution in [2.45, 2.75) is 43.1 Å². The van der Waals surface area contributed by atoms with Gasteiger partial charge in [-0.2, -0.15) is 11.8 Å². The minimum absolute atomic E-state index is 0.101. The number of hydrogen-bond donors (Lipinski definition) is 3. The highest BCUT2D eigenvalue weighted by Crippen LogP contribution is 2.26. The highest BCUT2D eigenvalue weighted by atomic mass is 32.2. The van der Waals surface area contributed by atoms with Crippen molar-refractivity contribution >= 4 is 17.8 Å². The fraction of sp³-hybridized carbons (Fsp3) is 0.562. The van der Waals surface area contributed by atoms with E-state index in [0.29, 0.717) is 5.25 Å². The maximum atomic E-state index is 13.5. The Hall–Kier alpha value is -1.34. The molecule has 1 aliphatic carbocycles. The summed E-state index contributed by atoms with van der Waals surface area (Å²) in [5, 5.41) is 15.8. The number of aliphatic hydroxyl groups excluding tert-OH is 1. The highest BCUT2D eigenvalue weighted by molar-refractivity contribution is 7.99. The van der Waals surface area contributed by atoms with Crippen molar-refractivity contribution in [2.24, 2.45) is 0 Å². The molecule has 2 amide bonds. The molecule has 7 heteroatoms. The van der Waals surface area contributed by atoms with Crippen molar-refractivity contribution in [1.82, 2.24) is 10.6 Å². The Labute approximate surface area is 139 Å². The average molecular weight is 344 g/mol. The molecule has 1 aromatic carbocycles. The molecule has 1 aromatic rings. The Bertz CT molecular complexity index is 525. The van der Waals surface area contributed by atoms with Gasteiger partial charge in [0, 0.05) is 17.8 Å². The minimum atomic E-state index is -1.42. The molecule has 0 bridgehead atoms. The van der Waals surface area contributed by atoms with E-state index in [2.05, 4.69) is 16.9 Å². The third-order valence-corrected chi connectivity index (χ3v) is 5.18. The molecule has 2 rings (SSSR count). The second kappa shape index (κ2) is 8.49. The van der Waals surface area contributed by atoms with Gasteiger partial charge in [0.05, 0.1) is 5.56 Å². The smallest absolute Gasteiger partial charge is 0.315 e. The maximum absolute atomic E-state index is 13.5. The summed E-state index contributed by atoms with van der Waals surface area (Å²) in [4.78, 5) is 11.9. The standard InChI is InChI=1S/C16H22F2N2O2S/c1-23-11-5-2-4-10(8-11)20-16(22)19-9-14(21)15-12(17)6-3-7-13(15)18/h3,6-7,10-11,14,21H,2,4-5,8-9H2,1H3,(H2,19,20,22). The molecule has 0 heterocycles. The van der Waals surface area contributed by atoms with Crippen LogP contribution in [0.5, 0.6) is 0 Å². The van der Waals surface area contributed by atoms with E-state index in [0.717, 1.165) is 37.8 Å². The number of amides is 2. The lowest BCUT2D eigenvalue weighted by Gasteiger charge is -2.28. The zero-order valence-corrected chi connectivity index (χ0v) is 13.8. The number of carbonyl (C=O) groups is 1. The van der Waals surface area contributed by atoms with E-state index in [1.807, 2.05) is 0 Å². The number of rotatable bonds is 5. The Kier molecular flexibility index (Phi) is 6.65. The summed E-state index contributed by atoms with van der Waals surface area (Å²) in [6.07, 6.45) is 4.71. The van der Waals surface area contributed by atoms with E-state index < -0.39 is 29.3 Å². The third-order valence-electron chi connectivity index (χ3n) is 4.08. The van der Waals surface area contributed by atoms with Crippen molar-refractivity contribution in [3.8, 4) is 0 Å². The maximum Gasteiger partial charge on any atom is 0.315 e. The van der Waals surface area contributed by atoms with E-state index in [1.165, 1.54) is 6.07 Å². The van der Waals surface area contributed by atoms with Crippen molar-refractivity contribution in [3.63, 3.8) is 0 Å². The quantitative estimate of drug-likeness (QED) is 0.770. The molecule has 3 unspecified atom stereocenters. The topological polar surface area (TPSA) is 61.4 Å². The van der Waals surface area contributed by atoms with Gasteiger partial charge in [-0.15, -0.1) is 0 Å². The van der Waals surface area contributed by atoms with Crippen LogP contribution < -0.4 is 10.6 Å². The number of thioether (sulfide) groups is 1. The van der Waals surface area contributed by atoms with Gasteiger partial charge in [0.15, 0.2) is 0 Å². The van der Waals surface area contributed by atoms with Crippen LogP contribution >= 0.6 is 11.8 Å². The van der Waals surface area contributed by atoms with Crippen LogP contribution in [0.3, 0.4) is 0 Å². The van der Waals surface area contributed by atoms with Crippen LogP contribution in [0.2, 0.25) is 0 Å². The molecule has 4 nitrogen and oxygen atoms in total. The summed E-state index contributed by atoms with van der Waals surface area (Å²) in [7, 11) is 0. The van der Waals surface area contributed by atoms with Crippen LogP contribution in [-0.2, 0) is 0 Å². The molecular weight excluding hydrogens is 322 g/mol. The van der Waals surface area contributed by atoms with Gasteiger partial charge in [-0.1, -0.05) is 12.5 Å². The zero-order valence-electron chi connectivity index (χ0n) is 13.0. The first-order valence-corrected chi connectivity index (χ1v) is 8.99. The Morgan fingerprint density at radius 2 is 2.09 bits per heavy atom. The van der Waals surface area contributed by atoms with Crippen molar-refractivity contribution in [2.75, 3.05) is 12.8 Å². The second-order valence-corrected chi connectivity index (χ2v) is 6.86. The Morgan fingerprint density at radius 1 is 1.39 bits per heavy atom. The van der Waals surface area contributed by atoms with Crippen LogP contribution in [0.1, 0.15) is 37.4 Å². The highest BCUT2D eigenvalue weighted by Gasteiger charge is 2.23. The van der Waals surface area contributed by atoms with E-state index >= 15 is 0 Å². The van der Waals surface area contributed by atoms with Crippen LogP contribution in [0.25, 0.3) is 0 Å². The lowest BCUT2D eigenvalue weighted by Crippen LogP contribution is -2.45. The van der Waals surface area contributed by atoms with Gasteiger partial charge >= 0.3 is 6.03 Å². The summed E-state index contributed by atoms with van der Waals surface area (Å²) in [5.74, 6) is -1.65. The van der Waals surface area contributed by atoms with E-state index in [-0.39, 0.29) is 12.6 Å². The predicted molar refractivity (Wildman–Crippen MR) is 87.4 cm³/mol. The first-order chi connectivity index (χ1) is 11.0. The number of carbonyl (C=O) groups excluding carboxylic acids is 1. The molecule has 0 radical (unpaired) electrons. The molecule has 0 aliphatic heterocycles. The SMILES string of the molecule is CSC1CCCC(NC(=O)NCC(O)c2c(F)cccc2F)C1. The molecule has 0 spiro atoms. The molecule has 0 aromatic heterocycles. The van der Waals surface area contributed by atoms with Gasteiger partial charge in [-0.3, -0.25) is 0 Å². The normalized spacial score (nSPS) is 22.4. The summed E-state index contributed by atoms with van der Waals surface area (Å²) in [6.45, 7) is -0.248. The molecule has 1 fully saturated rings. The van der Waals surface area contributed by atoms with E-state index in [1.54, 1.807) is 11.8 Å². The molecule has 0 saturated heterocycles. The second-order valence-electron chi connectivity index (χ2n) is 5.73. The molecule has 23 heavy (non-hydrogen) atoms. The van der Waals surface area contributed by atoms with Crippen molar-refractivity contribution in [3.05, 3.63) is 35.4 Å². The number of hydrogen-bond acceptors (Lipinski definition) is 3.